The van der Waals surface area contributed by atoms with Gasteiger partial charge in [-0.1, -0.05) is 0 Å². The van der Waals surface area contributed by atoms with Crippen LogP contribution in [0, 0.1) is 20.2 Å². The second-order valence-corrected chi connectivity index (χ2v) is 13.0. The number of benzene rings is 2. The van der Waals surface area contributed by atoms with Crippen LogP contribution in [0.15, 0.2) is 58.3 Å². The Morgan fingerprint density at radius 3 is 1.41 bits per heavy atom. The minimum absolute atomic E-state index is 0. The number of halogens is 1. The van der Waals surface area contributed by atoms with E-state index in [4.69, 9.17) is 25.9 Å². The van der Waals surface area contributed by atoms with E-state index in [2.05, 4.69) is 4.72 Å². The van der Waals surface area contributed by atoms with E-state index in [-0.39, 0.29) is 26.7 Å². The van der Waals surface area contributed by atoms with Crippen LogP contribution in [0.2, 0.25) is 0 Å². The number of rotatable bonds is 6. The van der Waals surface area contributed by atoms with Gasteiger partial charge in [0.2, 0.25) is 10.0 Å². The molecule has 2 saturated heterocycles. The molecule has 0 unspecified atom stereocenters. The molecule has 2 aliphatic heterocycles. The highest BCUT2D eigenvalue weighted by molar-refractivity contribution is 8.13. The van der Waals surface area contributed by atoms with Crippen LogP contribution in [0.3, 0.4) is 0 Å². The predicted octanol–water partition coefficient (Wildman–Crippen LogP) is 1.92. The fraction of sp³-hybridized carbons (Fsp3) is 0.400. The normalized spacial score (nSPS) is 17.4. The van der Waals surface area contributed by atoms with Crippen molar-refractivity contribution in [2.75, 3.05) is 26.4 Å². The van der Waals surface area contributed by atoms with Crippen LogP contribution in [-0.4, -0.2) is 64.2 Å². The predicted molar refractivity (Wildman–Crippen MR) is 132 cm³/mol. The van der Waals surface area contributed by atoms with Crippen molar-refractivity contribution in [2.24, 2.45) is 5.73 Å². The summed E-state index contributed by atoms with van der Waals surface area (Å²) in [5, 5.41) is 20.7. The molecule has 0 radical (unpaired) electrons. The Morgan fingerprint density at radius 2 is 1.16 bits per heavy atom. The van der Waals surface area contributed by atoms with Gasteiger partial charge >= 0.3 is 0 Å². The van der Waals surface area contributed by atoms with E-state index in [0.29, 0.717) is 13.2 Å². The highest BCUT2D eigenvalue weighted by Crippen LogP contribution is 2.22. The molecule has 0 saturated carbocycles. The molecule has 2 heterocycles. The zero-order chi connectivity index (χ0) is 28.1. The number of sulfonamides is 1. The van der Waals surface area contributed by atoms with Gasteiger partial charge in [0.05, 0.1) is 57.1 Å². The maximum absolute atomic E-state index is 12.0. The summed E-state index contributed by atoms with van der Waals surface area (Å²) in [4.78, 5) is 19.3. The second-order valence-electron chi connectivity index (χ2n) is 8.75. The van der Waals surface area contributed by atoms with E-state index in [0.717, 1.165) is 49.6 Å². The highest BCUT2D eigenvalue weighted by atomic mass is 35.7. The van der Waals surface area contributed by atoms with Gasteiger partial charge in [-0.3, -0.25) is 20.2 Å². The van der Waals surface area contributed by atoms with Crippen LogP contribution < -0.4 is 10.5 Å². The van der Waals surface area contributed by atoms with Crippen LogP contribution in [-0.2, 0) is 28.5 Å². The number of hydrogen-bond donors (Lipinski definition) is 2. The number of nitro benzene ring substituents is 2. The van der Waals surface area contributed by atoms with Gasteiger partial charge in [0.25, 0.3) is 20.4 Å². The lowest BCUT2D eigenvalue weighted by Crippen LogP contribution is -2.59. The molecule has 2 fully saturated rings. The summed E-state index contributed by atoms with van der Waals surface area (Å²) in [6, 6.07) is 9.07. The number of hydrogen-bond acceptors (Lipinski definition) is 11. The highest BCUT2D eigenvalue weighted by Gasteiger charge is 2.37. The lowest BCUT2D eigenvalue weighted by molar-refractivity contribution is -0.385. The first-order valence-corrected chi connectivity index (χ1v) is 14.2. The summed E-state index contributed by atoms with van der Waals surface area (Å²) < 4.78 is 57.7. The fourth-order valence-electron chi connectivity index (χ4n) is 2.75. The molecule has 2 aromatic carbocycles. The molecule has 0 aromatic heterocycles. The van der Waals surface area contributed by atoms with Gasteiger partial charge < -0.3 is 15.2 Å². The molecule has 0 aliphatic carbocycles. The quantitative estimate of drug-likeness (QED) is 0.286. The van der Waals surface area contributed by atoms with Crippen molar-refractivity contribution in [2.45, 2.75) is 34.7 Å². The molecule has 0 amide bonds. The van der Waals surface area contributed by atoms with Gasteiger partial charge in [-0.05, 0) is 38.1 Å². The molecule has 17 heteroatoms. The monoisotopic (exact) mass is 580 g/mol. The lowest BCUT2D eigenvalue weighted by Gasteiger charge is -2.38. The number of nitrogens with zero attached hydrogens (tertiary/aromatic N) is 2. The third-order valence-corrected chi connectivity index (χ3v) is 7.80. The smallest absolute Gasteiger partial charge is 0.269 e. The van der Waals surface area contributed by atoms with Gasteiger partial charge in [0.1, 0.15) is 0 Å². The van der Waals surface area contributed by atoms with E-state index in [1.807, 2.05) is 6.92 Å². The van der Waals surface area contributed by atoms with E-state index in [1.165, 1.54) is 12.1 Å². The zero-order valence-corrected chi connectivity index (χ0v) is 22.1. The summed E-state index contributed by atoms with van der Waals surface area (Å²) in [7, 11) is -2.48. The van der Waals surface area contributed by atoms with E-state index < -0.39 is 34.5 Å². The Morgan fingerprint density at radius 1 is 0.811 bits per heavy atom. The van der Waals surface area contributed by atoms with Crippen LogP contribution >= 0.6 is 10.7 Å². The first-order chi connectivity index (χ1) is 16.9. The van der Waals surface area contributed by atoms with E-state index in [1.54, 1.807) is 6.92 Å². The Labute approximate surface area is 217 Å². The van der Waals surface area contributed by atoms with Crippen LogP contribution in [0.25, 0.3) is 0 Å². The first kappa shape index (κ1) is 30.5. The molecule has 37 heavy (non-hydrogen) atoms. The maximum Gasteiger partial charge on any atom is 0.269 e. The third-order valence-electron chi connectivity index (χ3n) is 4.77. The molecular formula is C20H25ClN4O10S2. The molecule has 204 valence electrons. The van der Waals surface area contributed by atoms with Crippen LogP contribution in [0.1, 0.15) is 13.8 Å². The van der Waals surface area contributed by atoms with Crippen molar-refractivity contribution in [1.29, 1.82) is 0 Å². The van der Waals surface area contributed by atoms with Crippen molar-refractivity contribution in [1.82, 2.24) is 4.72 Å². The average molecular weight is 581 g/mol. The Hall–Kier alpha value is -2.73. The van der Waals surface area contributed by atoms with Crippen molar-refractivity contribution in [3.63, 3.8) is 0 Å². The van der Waals surface area contributed by atoms with Gasteiger partial charge in [-0.15, -0.1) is 0 Å². The van der Waals surface area contributed by atoms with Crippen molar-refractivity contribution in [3.05, 3.63) is 68.8 Å². The fourth-order valence-corrected chi connectivity index (χ4v) is 4.90. The standard InChI is InChI=1S/C10H12N2O5S.C6H4ClNO4S.C4H9NO/c1-10(6-17-7-10)11-18(15,16)9-4-2-8(3-5-9)12(13)14;7-13(11,12)6-3-1-5(2-4-6)8(9)10;1-4(5)2-6-3-4/h2-5,11H,6-7H2,1H3;1-4H;2-3,5H2,1H3. The van der Waals surface area contributed by atoms with Crippen molar-refractivity contribution >= 4 is 41.1 Å². The average Bonchev–Trinajstić information content (AvgIpc) is 2.77. The molecule has 4 rings (SSSR count). The number of non-ortho nitro benzene ring substituents is 2. The topological polar surface area (TPSA) is 211 Å². The number of nitrogens with one attached hydrogen (secondary N) is 1. The van der Waals surface area contributed by atoms with Crippen LogP contribution in [0.4, 0.5) is 11.4 Å². The molecular weight excluding hydrogens is 556 g/mol. The minimum Gasteiger partial charge on any atom is -0.377 e. The Bertz CT molecular complexity index is 1320. The maximum atomic E-state index is 12.0. The molecule has 0 spiro atoms. The summed E-state index contributed by atoms with van der Waals surface area (Å²) in [5.74, 6) is 0. The Kier molecular flexibility index (Phi) is 9.69. The lowest BCUT2D eigenvalue weighted by atomic mass is 10.0. The second kappa shape index (κ2) is 11.8. The number of nitro groups is 2. The SMILES string of the molecule is CC1(N)COC1.CC1(NS(=O)(=O)c2ccc([N+](=O)[O-])cc2)COC1.O=[N+]([O-])c1ccc(S(=O)(=O)Cl)cc1. The first-order valence-electron chi connectivity index (χ1n) is 10.4. The van der Waals surface area contributed by atoms with Gasteiger partial charge in [0.15, 0.2) is 0 Å². The third kappa shape index (κ3) is 9.26. The summed E-state index contributed by atoms with van der Waals surface area (Å²) in [6.45, 7) is 5.81. The number of nitrogens with two attached hydrogens (primary N) is 1. The minimum atomic E-state index is -3.80. The van der Waals surface area contributed by atoms with Crippen molar-refractivity contribution in [3.8, 4) is 0 Å². The molecule has 3 N–H and O–H groups in total. The van der Waals surface area contributed by atoms with E-state index >= 15 is 0 Å². The summed E-state index contributed by atoms with van der Waals surface area (Å²) >= 11 is 0. The van der Waals surface area contributed by atoms with Gasteiger partial charge in [-0.25, -0.2) is 21.6 Å². The molecule has 14 nitrogen and oxygen atoms in total. The molecule has 2 aromatic rings. The molecule has 0 bridgehead atoms. The molecule has 2 aliphatic rings. The van der Waals surface area contributed by atoms with E-state index in [9.17, 15) is 37.1 Å². The van der Waals surface area contributed by atoms with Crippen molar-refractivity contribution < 1.29 is 36.2 Å². The van der Waals surface area contributed by atoms with Gasteiger partial charge in [0, 0.05) is 34.9 Å². The molecule has 0 atom stereocenters. The van der Waals surface area contributed by atoms with Crippen LogP contribution in [0.5, 0.6) is 0 Å². The summed E-state index contributed by atoms with van der Waals surface area (Å²) in [6.07, 6.45) is 0. The zero-order valence-electron chi connectivity index (χ0n) is 19.7. The number of ether oxygens (including phenoxy) is 2. The Balaban J connectivity index is 0.000000220. The van der Waals surface area contributed by atoms with Gasteiger partial charge in [-0.2, -0.15) is 0 Å². The summed E-state index contributed by atoms with van der Waals surface area (Å²) in [5.41, 5.74) is 4.58. The largest absolute Gasteiger partial charge is 0.377 e.